The Balaban J connectivity index is 2.08. The molecular weight excluding hydrogens is 442 g/mol. The number of carbonyl (C=O) groups excluding carboxylic acids is 1. The number of anilines is 3. The number of aryl methyl sites for hydroxylation is 1. The van der Waals surface area contributed by atoms with E-state index in [1.54, 1.807) is 6.07 Å². The molecule has 0 fully saturated rings. The molecule has 0 heterocycles. The minimum Gasteiger partial charge on any atom is -0.398 e. The second kappa shape index (κ2) is 11.0. The van der Waals surface area contributed by atoms with Crippen LogP contribution in [-0.4, -0.2) is 6.03 Å². The van der Waals surface area contributed by atoms with Crippen molar-refractivity contribution in [3.8, 4) is 0 Å². The standard InChI is InChI=1S/C29H36ClN3O/c1-7-24-26(30)17-27(31)25(8-2)28(24)32-29(34)33(20(6)22-11-9-19(5)10-12-22)23-15-13-21(14-16-23)18(3)4/h9-18,20H,7-8,31H2,1-6H3,(H,32,34). The molecule has 0 spiro atoms. The number of hydrogen-bond acceptors (Lipinski definition) is 2. The third kappa shape index (κ3) is 5.39. The lowest BCUT2D eigenvalue weighted by molar-refractivity contribution is 0.255. The summed E-state index contributed by atoms with van der Waals surface area (Å²) in [5.74, 6) is 0.416. The van der Waals surface area contributed by atoms with Crippen LogP contribution in [0.25, 0.3) is 0 Å². The predicted molar refractivity (Wildman–Crippen MR) is 146 cm³/mol. The highest BCUT2D eigenvalue weighted by Crippen LogP contribution is 2.36. The number of rotatable bonds is 7. The van der Waals surface area contributed by atoms with Gasteiger partial charge in [0.1, 0.15) is 0 Å². The van der Waals surface area contributed by atoms with Crippen LogP contribution in [0.2, 0.25) is 5.02 Å². The lowest BCUT2D eigenvalue weighted by Gasteiger charge is -2.31. The first kappa shape index (κ1) is 25.6. The molecule has 0 radical (unpaired) electrons. The van der Waals surface area contributed by atoms with E-state index in [0.29, 0.717) is 29.5 Å². The Morgan fingerprint density at radius 2 is 1.50 bits per heavy atom. The maximum Gasteiger partial charge on any atom is 0.326 e. The molecule has 3 N–H and O–H groups in total. The van der Waals surface area contributed by atoms with Crippen LogP contribution in [0.1, 0.15) is 74.4 Å². The van der Waals surface area contributed by atoms with Gasteiger partial charge in [-0.3, -0.25) is 4.90 Å². The fraction of sp³-hybridized carbons (Fsp3) is 0.345. The molecule has 3 aromatic rings. The van der Waals surface area contributed by atoms with Gasteiger partial charge < -0.3 is 11.1 Å². The Morgan fingerprint density at radius 1 is 0.941 bits per heavy atom. The second-order valence-corrected chi connectivity index (χ2v) is 9.53. The zero-order valence-electron chi connectivity index (χ0n) is 21.1. The van der Waals surface area contributed by atoms with Crippen LogP contribution in [0, 0.1) is 6.92 Å². The summed E-state index contributed by atoms with van der Waals surface area (Å²) in [7, 11) is 0. The lowest BCUT2D eigenvalue weighted by Crippen LogP contribution is -2.37. The molecule has 180 valence electrons. The van der Waals surface area contributed by atoms with E-state index in [1.165, 1.54) is 11.1 Å². The number of nitrogens with one attached hydrogen (secondary N) is 1. The van der Waals surface area contributed by atoms with Gasteiger partial charge in [-0.05, 0) is 73.1 Å². The van der Waals surface area contributed by atoms with Gasteiger partial charge in [0.05, 0.1) is 11.7 Å². The third-order valence-electron chi connectivity index (χ3n) is 6.47. The van der Waals surface area contributed by atoms with Gasteiger partial charge in [0.25, 0.3) is 0 Å². The topological polar surface area (TPSA) is 58.4 Å². The maximum atomic E-state index is 13.9. The monoisotopic (exact) mass is 477 g/mol. The van der Waals surface area contributed by atoms with Crippen LogP contribution in [0.4, 0.5) is 21.9 Å². The first-order valence-electron chi connectivity index (χ1n) is 12.0. The highest BCUT2D eigenvalue weighted by atomic mass is 35.5. The molecular formula is C29H36ClN3O. The number of nitrogen functional groups attached to an aromatic ring is 1. The van der Waals surface area contributed by atoms with E-state index in [-0.39, 0.29) is 12.1 Å². The fourth-order valence-corrected chi connectivity index (χ4v) is 4.68. The molecule has 1 atom stereocenters. The first-order valence-corrected chi connectivity index (χ1v) is 12.4. The van der Waals surface area contributed by atoms with Crippen LogP contribution in [0.5, 0.6) is 0 Å². The van der Waals surface area contributed by atoms with Crippen LogP contribution in [0.3, 0.4) is 0 Å². The molecule has 4 nitrogen and oxygen atoms in total. The Hall–Kier alpha value is -2.98. The van der Waals surface area contributed by atoms with E-state index in [0.717, 1.165) is 28.1 Å². The zero-order valence-corrected chi connectivity index (χ0v) is 21.8. The molecule has 34 heavy (non-hydrogen) atoms. The summed E-state index contributed by atoms with van der Waals surface area (Å²) in [6, 6.07) is 17.9. The number of carbonyl (C=O) groups is 1. The van der Waals surface area contributed by atoms with E-state index in [4.69, 9.17) is 17.3 Å². The molecule has 2 amide bonds. The molecule has 0 aliphatic rings. The number of nitrogens with two attached hydrogens (primary N) is 1. The average molecular weight is 478 g/mol. The molecule has 0 bridgehead atoms. The second-order valence-electron chi connectivity index (χ2n) is 9.12. The number of nitrogens with zero attached hydrogens (tertiary/aromatic N) is 1. The molecule has 5 heteroatoms. The molecule has 1 unspecified atom stereocenters. The van der Waals surface area contributed by atoms with Crippen molar-refractivity contribution < 1.29 is 4.79 Å². The van der Waals surface area contributed by atoms with Crippen LogP contribution in [0.15, 0.2) is 54.6 Å². The van der Waals surface area contributed by atoms with Crippen molar-refractivity contribution in [1.82, 2.24) is 0 Å². The largest absolute Gasteiger partial charge is 0.398 e. The first-order chi connectivity index (χ1) is 16.2. The summed E-state index contributed by atoms with van der Waals surface area (Å²) in [6.07, 6.45) is 1.39. The maximum absolute atomic E-state index is 13.9. The number of amides is 2. The Bertz CT molecular complexity index is 1110. The minimum absolute atomic E-state index is 0.183. The molecule has 3 aromatic carbocycles. The molecule has 3 rings (SSSR count). The average Bonchev–Trinajstić information content (AvgIpc) is 2.80. The molecule has 0 aliphatic carbocycles. The van der Waals surface area contributed by atoms with Gasteiger partial charge in [-0.15, -0.1) is 0 Å². The highest BCUT2D eigenvalue weighted by molar-refractivity contribution is 6.32. The highest BCUT2D eigenvalue weighted by Gasteiger charge is 2.26. The van der Waals surface area contributed by atoms with Crippen LogP contribution < -0.4 is 16.0 Å². The van der Waals surface area contributed by atoms with Crippen LogP contribution in [-0.2, 0) is 12.8 Å². The van der Waals surface area contributed by atoms with Crippen molar-refractivity contribution >= 4 is 34.7 Å². The van der Waals surface area contributed by atoms with E-state index >= 15 is 0 Å². The third-order valence-corrected chi connectivity index (χ3v) is 6.80. The Labute approximate surface area is 209 Å². The summed E-state index contributed by atoms with van der Waals surface area (Å²) >= 11 is 6.52. The van der Waals surface area contributed by atoms with Gasteiger partial charge in [-0.1, -0.05) is 81.3 Å². The lowest BCUT2D eigenvalue weighted by atomic mass is 10.00. The van der Waals surface area contributed by atoms with Gasteiger partial charge >= 0.3 is 6.03 Å². The predicted octanol–water partition coefficient (Wildman–Crippen LogP) is 8.28. The molecule has 0 saturated heterocycles. The number of hydrogen-bond donors (Lipinski definition) is 2. The summed E-state index contributed by atoms with van der Waals surface area (Å²) in [5, 5.41) is 3.76. The number of urea groups is 1. The smallest absolute Gasteiger partial charge is 0.326 e. The van der Waals surface area contributed by atoms with Gasteiger partial charge in [0, 0.05) is 16.4 Å². The van der Waals surface area contributed by atoms with E-state index in [2.05, 4.69) is 69.4 Å². The Morgan fingerprint density at radius 3 is 2.03 bits per heavy atom. The Kier molecular flexibility index (Phi) is 8.27. The quantitative estimate of drug-likeness (QED) is 0.336. The van der Waals surface area contributed by atoms with Crippen molar-refractivity contribution in [2.45, 2.75) is 66.3 Å². The van der Waals surface area contributed by atoms with Crippen molar-refractivity contribution in [3.05, 3.63) is 87.4 Å². The van der Waals surface area contributed by atoms with Gasteiger partial charge in [0.15, 0.2) is 0 Å². The fourth-order valence-electron chi connectivity index (χ4n) is 4.33. The van der Waals surface area contributed by atoms with Crippen molar-refractivity contribution in [3.63, 3.8) is 0 Å². The SMILES string of the molecule is CCc1c(N)cc(Cl)c(CC)c1NC(=O)N(c1ccc(C(C)C)cc1)C(C)c1ccc(C)cc1. The zero-order chi connectivity index (χ0) is 25.0. The van der Waals surface area contributed by atoms with Gasteiger partial charge in [-0.2, -0.15) is 0 Å². The molecule has 0 saturated carbocycles. The van der Waals surface area contributed by atoms with Gasteiger partial charge in [-0.25, -0.2) is 4.79 Å². The summed E-state index contributed by atoms with van der Waals surface area (Å²) in [5.41, 5.74) is 13.7. The number of halogens is 1. The minimum atomic E-state index is -0.212. The van der Waals surface area contributed by atoms with Crippen molar-refractivity contribution in [2.24, 2.45) is 0 Å². The summed E-state index contributed by atoms with van der Waals surface area (Å²) in [6.45, 7) is 12.5. The molecule has 0 aromatic heterocycles. The van der Waals surface area contributed by atoms with Crippen LogP contribution >= 0.6 is 11.6 Å². The summed E-state index contributed by atoms with van der Waals surface area (Å²) < 4.78 is 0. The van der Waals surface area contributed by atoms with E-state index < -0.39 is 0 Å². The molecule has 0 aliphatic heterocycles. The normalized spacial score (nSPS) is 12.0. The number of benzene rings is 3. The van der Waals surface area contributed by atoms with Gasteiger partial charge in [0.2, 0.25) is 0 Å². The van der Waals surface area contributed by atoms with E-state index in [1.807, 2.05) is 30.9 Å². The van der Waals surface area contributed by atoms with E-state index in [9.17, 15) is 4.79 Å². The summed E-state index contributed by atoms with van der Waals surface area (Å²) in [4.78, 5) is 15.7. The van der Waals surface area contributed by atoms with Crippen molar-refractivity contribution in [2.75, 3.05) is 16.0 Å². The van der Waals surface area contributed by atoms with Crippen molar-refractivity contribution in [1.29, 1.82) is 0 Å².